The second-order valence-corrected chi connectivity index (χ2v) is 4.58. The Morgan fingerprint density at radius 2 is 2.27 bits per heavy atom. The molecular formula is C10H11IN2O2. The third kappa shape index (κ3) is 2.23. The van der Waals surface area contributed by atoms with Crippen LogP contribution in [0.15, 0.2) is 18.2 Å². The first-order valence-corrected chi connectivity index (χ1v) is 5.64. The highest BCUT2D eigenvalue weighted by Crippen LogP contribution is 2.28. The summed E-state index contributed by atoms with van der Waals surface area (Å²) >= 11 is 2.21. The Morgan fingerprint density at radius 1 is 1.47 bits per heavy atom. The second kappa shape index (κ2) is 4.36. The zero-order valence-corrected chi connectivity index (χ0v) is 10.4. The fourth-order valence-electron chi connectivity index (χ4n) is 1.50. The number of amides is 1. The van der Waals surface area contributed by atoms with Gasteiger partial charge in [-0.1, -0.05) is 0 Å². The molecule has 80 valence electrons. The number of carbonyl (C=O) groups excluding carboxylic acids is 1. The molecule has 15 heavy (non-hydrogen) atoms. The maximum absolute atomic E-state index is 11.6. The molecule has 0 bridgehead atoms. The minimum atomic E-state index is -0.303. The van der Waals surface area contributed by atoms with Crippen LogP contribution >= 0.6 is 22.6 Å². The molecule has 1 heterocycles. The summed E-state index contributed by atoms with van der Waals surface area (Å²) in [5.41, 5.74) is 1.77. The first-order valence-electron chi connectivity index (χ1n) is 4.56. The van der Waals surface area contributed by atoms with Gasteiger partial charge in [-0.2, -0.15) is 0 Å². The highest BCUT2D eigenvalue weighted by Gasteiger charge is 2.24. The number of nitrogens with one attached hydrogen (secondary N) is 2. The van der Waals surface area contributed by atoms with Crippen molar-refractivity contribution in [3.8, 4) is 0 Å². The fraction of sp³-hybridized carbons (Fsp3) is 0.300. The molecule has 0 radical (unpaired) electrons. The topological polar surface area (TPSA) is 50.4 Å². The maximum Gasteiger partial charge on any atom is 0.249 e. The molecule has 4 nitrogen and oxygen atoms in total. The smallest absolute Gasteiger partial charge is 0.249 e. The van der Waals surface area contributed by atoms with Gasteiger partial charge in [0.25, 0.3) is 0 Å². The Balaban J connectivity index is 2.26. The van der Waals surface area contributed by atoms with Gasteiger partial charge in [-0.3, -0.25) is 4.79 Å². The van der Waals surface area contributed by atoms with Crippen molar-refractivity contribution in [2.45, 2.75) is 6.04 Å². The number of rotatable bonds is 2. The highest BCUT2D eigenvalue weighted by atomic mass is 127. The second-order valence-electron chi connectivity index (χ2n) is 3.33. The Bertz CT molecular complexity index is 395. The van der Waals surface area contributed by atoms with E-state index < -0.39 is 0 Å². The number of fused-ring (bicyclic) bond motifs is 1. The Hall–Kier alpha value is -0.820. The molecule has 0 saturated carbocycles. The minimum Gasteiger partial charge on any atom is -0.382 e. The minimum absolute atomic E-state index is 0.0497. The van der Waals surface area contributed by atoms with E-state index in [4.69, 9.17) is 4.74 Å². The van der Waals surface area contributed by atoms with E-state index >= 15 is 0 Å². The number of methoxy groups -OCH3 is 1. The van der Waals surface area contributed by atoms with Gasteiger partial charge in [0.15, 0.2) is 0 Å². The lowest BCUT2D eigenvalue weighted by molar-refractivity contribution is -0.118. The van der Waals surface area contributed by atoms with E-state index in [-0.39, 0.29) is 11.9 Å². The standard InChI is InChI=1S/C10H11IN2O2/c1-15-5-9-10(14)13-8-4-6(11)2-3-7(8)12-9/h2-4,9,12H,5H2,1H3,(H,13,14). The third-order valence-electron chi connectivity index (χ3n) is 2.22. The zero-order valence-electron chi connectivity index (χ0n) is 8.21. The quantitative estimate of drug-likeness (QED) is 0.816. The van der Waals surface area contributed by atoms with Crippen LogP contribution in [0, 0.1) is 3.57 Å². The van der Waals surface area contributed by atoms with E-state index in [1.54, 1.807) is 7.11 Å². The van der Waals surface area contributed by atoms with Crippen molar-refractivity contribution in [1.29, 1.82) is 0 Å². The van der Waals surface area contributed by atoms with Crippen LogP contribution in [0.1, 0.15) is 0 Å². The molecule has 2 N–H and O–H groups in total. The van der Waals surface area contributed by atoms with E-state index in [1.165, 1.54) is 0 Å². The van der Waals surface area contributed by atoms with Crippen LogP contribution in [0.5, 0.6) is 0 Å². The summed E-state index contributed by atoms with van der Waals surface area (Å²) in [6, 6.07) is 5.58. The molecule has 1 amide bonds. The van der Waals surface area contributed by atoms with Crippen LogP contribution in [-0.4, -0.2) is 25.7 Å². The van der Waals surface area contributed by atoms with Gasteiger partial charge in [0.1, 0.15) is 6.04 Å². The molecule has 2 rings (SSSR count). The number of ether oxygens (including phenoxy) is 1. The SMILES string of the molecule is COCC1Nc2ccc(I)cc2NC1=O. The first-order chi connectivity index (χ1) is 7.20. The average molecular weight is 318 g/mol. The summed E-state index contributed by atoms with van der Waals surface area (Å²) in [6.45, 7) is 0.372. The number of benzene rings is 1. The third-order valence-corrected chi connectivity index (χ3v) is 2.89. The van der Waals surface area contributed by atoms with E-state index in [0.29, 0.717) is 6.61 Å². The van der Waals surface area contributed by atoms with E-state index in [0.717, 1.165) is 14.9 Å². The van der Waals surface area contributed by atoms with Crippen molar-refractivity contribution in [3.63, 3.8) is 0 Å². The maximum atomic E-state index is 11.6. The highest BCUT2D eigenvalue weighted by molar-refractivity contribution is 14.1. The van der Waals surface area contributed by atoms with Gasteiger partial charge in [-0.15, -0.1) is 0 Å². The molecule has 0 spiro atoms. The normalized spacial score (nSPS) is 19.1. The van der Waals surface area contributed by atoms with Gasteiger partial charge in [0.2, 0.25) is 5.91 Å². The molecule has 1 unspecified atom stereocenters. The molecule has 0 aliphatic carbocycles. The molecule has 1 aliphatic rings. The van der Waals surface area contributed by atoms with Gasteiger partial charge >= 0.3 is 0 Å². The van der Waals surface area contributed by atoms with Crippen molar-refractivity contribution < 1.29 is 9.53 Å². The van der Waals surface area contributed by atoms with Gasteiger partial charge in [0.05, 0.1) is 18.0 Å². The lowest BCUT2D eigenvalue weighted by Gasteiger charge is -2.26. The van der Waals surface area contributed by atoms with E-state index in [2.05, 4.69) is 33.2 Å². The van der Waals surface area contributed by atoms with Crippen molar-refractivity contribution in [1.82, 2.24) is 0 Å². The monoisotopic (exact) mass is 318 g/mol. The molecule has 1 aliphatic heterocycles. The molecule has 0 fully saturated rings. The number of carbonyl (C=O) groups is 1. The molecule has 1 atom stereocenters. The van der Waals surface area contributed by atoms with Crippen molar-refractivity contribution in [2.75, 3.05) is 24.4 Å². The lowest BCUT2D eigenvalue weighted by atomic mass is 10.1. The number of halogens is 1. The fourth-order valence-corrected chi connectivity index (χ4v) is 1.99. The number of anilines is 2. The molecule has 0 saturated heterocycles. The van der Waals surface area contributed by atoms with Crippen molar-refractivity contribution in [2.24, 2.45) is 0 Å². The van der Waals surface area contributed by atoms with E-state index in [1.807, 2.05) is 18.2 Å². The van der Waals surface area contributed by atoms with Crippen LogP contribution in [0.2, 0.25) is 0 Å². The van der Waals surface area contributed by atoms with Crippen LogP contribution in [0.4, 0.5) is 11.4 Å². The molecular weight excluding hydrogens is 307 g/mol. The first kappa shape index (κ1) is 10.7. The van der Waals surface area contributed by atoms with Gasteiger partial charge in [-0.25, -0.2) is 0 Å². The van der Waals surface area contributed by atoms with Crippen LogP contribution in [0.3, 0.4) is 0 Å². The molecule has 1 aromatic rings. The summed E-state index contributed by atoms with van der Waals surface area (Å²) in [6.07, 6.45) is 0. The van der Waals surface area contributed by atoms with Crippen LogP contribution < -0.4 is 10.6 Å². The zero-order chi connectivity index (χ0) is 10.8. The van der Waals surface area contributed by atoms with Crippen molar-refractivity contribution in [3.05, 3.63) is 21.8 Å². The van der Waals surface area contributed by atoms with Crippen LogP contribution in [0.25, 0.3) is 0 Å². The summed E-state index contributed by atoms with van der Waals surface area (Å²) < 4.78 is 6.06. The summed E-state index contributed by atoms with van der Waals surface area (Å²) in [7, 11) is 1.58. The van der Waals surface area contributed by atoms with Crippen molar-refractivity contribution >= 4 is 39.9 Å². The van der Waals surface area contributed by atoms with E-state index in [9.17, 15) is 4.79 Å². The predicted octanol–water partition coefficient (Wildman–Crippen LogP) is 1.67. The summed E-state index contributed by atoms with van der Waals surface area (Å²) in [5, 5.41) is 5.98. The molecule has 0 aromatic heterocycles. The van der Waals surface area contributed by atoms with Gasteiger partial charge in [-0.05, 0) is 40.8 Å². The lowest BCUT2D eigenvalue weighted by Crippen LogP contribution is -2.41. The molecule has 5 heteroatoms. The average Bonchev–Trinajstić information content (AvgIpc) is 2.20. The van der Waals surface area contributed by atoms with Gasteiger partial charge in [0, 0.05) is 10.7 Å². The number of hydrogen-bond donors (Lipinski definition) is 2. The largest absolute Gasteiger partial charge is 0.382 e. The predicted molar refractivity (Wildman–Crippen MR) is 67.1 cm³/mol. The van der Waals surface area contributed by atoms with Gasteiger partial charge < -0.3 is 15.4 Å². The number of hydrogen-bond acceptors (Lipinski definition) is 3. The summed E-state index contributed by atoms with van der Waals surface area (Å²) in [4.78, 5) is 11.6. The Morgan fingerprint density at radius 3 is 3.00 bits per heavy atom. The molecule has 1 aromatic carbocycles. The Kier molecular flexibility index (Phi) is 3.11. The van der Waals surface area contributed by atoms with Crippen LogP contribution in [-0.2, 0) is 9.53 Å². The summed E-state index contributed by atoms with van der Waals surface area (Å²) in [5.74, 6) is -0.0497. The Labute approximate surface area is 102 Å².